The number of halogens is 1. The summed E-state index contributed by atoms with van der Waals surface area (Å²) in [5.41, 5.74) is 1.40. The summed E-state index contributed by atoms with van der Waals surface area (Å²) in [4.78, 5) is 25.9. The molecule has 0 spiro atoms. The van der Waals surface area contributed by atoms with Gasteiger partial charge in [0.1, 0.15) is 11.6 Å². The lowest BCUT2D eigenvalue weighted by Crippen LogP contribution is -2.31. The summed E-state index contributed by atoms with van der Waals surface area (Å²) in [6.07, 6.45) is 1.70. The van der Waals surface area contributed by atoms with Crippen molar-refractivity contribution in [3.63, 3.8) is 0 Å². The van der Waals surface area contributed by atoms with Gasteiger partial charge in [-0.1, -0.05) is 29.4 Å². The van der Waals surface area contributed by atoms with Crippen molar-refractivity contribution in [1.82, 2.24) is 14.8 Å². The largest absolute Gasteiger partial charge is 0.312 e. The standard InChI is InChI=1S/C14H13ClN4O2S/c1-8-3-4-9(5-10(8)15)19-12(20)6-11(13(19)21)22-14-17-16-7-18(14)2/h3-5,7,11H,6H2,1-2H3. The van der Waals surface area contributed by atoms with Gasteiger partial charge in [-0.05, 0) is 24.6 Å². The molecule has 1 atom stereocenters. The van der Waals surface area contributed by atoms with Crippen molar-refractivity contribution in [1.29, 1.82) is 0 Å². The highest BCUT2D eigenvalue weighted by atomic mass is 35.5. The zero-order chi connectivity index (χ0) is 15.9. The van der Waals surface area contributed by atoms with E-state index in [9.17, 15) is 9.59 Å². The molecular formula is C14H13ClN4O2S. The molecule has 2 amide bonds. The average Bonchev–Trinajstić information content (AvgIpc) is 2.99. The number of hydrogen-bond acceptors (Lipinski definition) is 5. The van der Waals surface area contributed by atoms with E-state index in [0.29, 0.717) is 15.9 Å². The van der Waals surface area contributed by atoms with E-state index >= 15 is 0 Å². The Labute approximate surface area is 136 Å². The monoisotopic (exact) mass is 336 g/mol. The van der Waals surface area contributed by atoms with Crippen molar-refractivity contribution in [3.05, 3.63) is 35.1 Å². The molecule has 0 bridgehead atoms. The van der Waals surface area contributed by atoms with Crippen LogP contribution in [0.5, 0.6) is 0 Å². The molecule has 1 fully saturated rings. The van der Waals surface area contributed by atoms with Crippen molar-refractivity contribution in [2.45, 2.75) is 23.8 Å². The molecule has 114 valence electrons. The SMILES string of the molecule is Cc1ccc(N2C(=O)CC(Sc3nncn3C)C2=O)cc1Cl. The van der Waals surface area contributed by atoms with Gasteiger partial charge in [0.2, 0.25) is 11.8 Å². The third-order valence-electron chi connectivity index (χ3n) is 3.44. The lowest BCUT2D eigenvalue weighted by Gasteiger charge is -2.15. The van der Waals surface area contributed by atoms with E-state index in [1.807, 2.05) is 6.92 Å². The molecule has 22 heavy (non-hydrogen) atoms. The Balaban J connectivity index is 1.85. The molecule has 1 unspecified atom stereocenters. The Bertz CT molecular complexity index is 761. The summed E-state index contributed by atoms with van der Waals surface area (Å²) in [6, 6.07) is 5.16. The number of benzene rings is 1. The van der Waals surface area contributed by atoms with E-state index in [1.165, 1.54) is 16.7 Å². The van der Waals surface area contributed by atoms with Crippen LogP contribution in [0.3, 0.4) is 0 Å². The van der Waals surface area contributed by atoms with Crippen molar-refractivity contribution in [3.8, 4) is 0 Å². The highest BCUT2D eigenvalue weighted by Crippen LogP contribution is 2.34. The zero-order valence-electron chi connectivity index (χ0n) is 12.0. The maximum atomic E-state index is 12.5. The van der Waals surface area contributed by atoms with E-state index in [2.05, 4.69) is 10.2 Å². The number of thioether (sulfide) groups is 1. The Morgan fingerprint density at radius 3 is 2.77 bits per heavy atom. The zero-order valence-corrected chi connectivity index (χ0v) is 13.6. The Morgan fingerprint density at radius 2 is 2.14 bits per heavy atom. The molecule has 8 heteroatoms. The molecular weight excluding hydrogens is 324 g/mol. The summed E-state index contributed by atoms with van der Waals surface area (Å²) in [5, 5.41) is 8.35. The number of anilines is 1. The number of hydrogen-bond donors (Lipinski definition) is 0. The predicted molar refractivity (Wildman–Crippen MR) is 83.9 cm³/mol. The van der Waals surface area contributed by atoms with Gasteiger partial charge in [0.05, 0.1) is 5.69 Å². The van der Waals surface area contributed by atoms with Gasteiger partial charge in [-0.15, -0.1) is 10.2 Å². The van der Waals surface area contributed by atoms with Crippen LogP contribution < -0.4 is 4.90 Å². The molecule has 1 saturated heterocycles. The second-order valence-electron chi connectivity index (χ2n) is 5.04. The number of carbonyl (C=O) groups excluding carboxylic acids is 2. The molecule has 1 aromatic carbocycles. The van der Waals surface area contributed by atoms with Crippen LogP contribution in [-0.4, -0.2) is 31.8 Å². The lowest BCUT2D eigenvalue weighted by atomic mass is 10.2. The minimum Gasteiger partial charge on any atom is -0.312 e. The molecule has 1 aliphatic rings. The summed E-state index contributed by atoms with van der Waals surface area (Å²) in [7, 11) is 1.79. The Hall–Kier alpha value is -1.86. The van der Waals surface area contributed by atoms with Crippen molar-refractivity contribution >= 4 is 40.9 Å². The number of carbonyl (C=O) groups is 2. The van der Waals surface area contributed by atoms with Crippen LogP contribution in [0.2, 0.25) is 5.02 Å². The summed E-state index contributed by atoms with van der Waals surface area (Å²) >= 11 is 7.33. The van der Waals surface area contributed by atoms with Crippen LogP contribution in [0.4, 0.5) is 5.69 Å². The second kappa shape index (κ2) is 5.73. The van der Waals surface area contributed by atoms with Gasteiger partial charge >= 0.3 is 0 Å². The number of amides is 2. The summed E-state index contributed by atoms with van der Waals surface area (Å²) in [5.74, 6) is -0.484. The third kappa shape index (κ3) is 2.62. The molecule has 0 saturated carbocycles. The first-order chi connectivity index (χ1) is 10.5. The molecule has 6 nitrogen and oxygen atoms in total. The van der Waals surface area contributed by atoms with Gasteiger partial charge in [-0.25, -0.2) is 4.90 Å². The van der Waals surface area contributed by atoms with Crippen LogP contribution in [0.25, 0.3) is 0 Å². The van der Waals surface area contributed by atoms with Crippen LogP contribution in [0.15, 0.2) is 29.7 Å². The van der Waals surface area contributed by atoms with E-state index in [4.69, 9.17) is 11.6 Å². The van der Waals surface area contributed by atoms with E-state index < -0.39 is 5.25 Å². The van der Waals surface area contributed by atoms with Crippen molar-refractivity contribution in [2.24, 2.45) is 7.05 Å². The molecule has 1 aliphatic heterocycles. The minimum atomic E-state index is -0.490. The number of rotatable bonds is 3. The molecule has 2 aromatic rings. The van der Waals surface area contributed by atoms with Crippen LogP contribution >= 0.6 is 23.4 Å². The molecule has 0 N–H and O–H groups in total. The number of nitrogens with zero attached hydrogens (tertiary/aromatic N) is 4. The first-order valence-electron chi connectivity index (χ1n) is 6.61. The number of aromatic nitrogens is 3. The van der Waals surface area contributed by atoms with Gasteiger partial charge in [0.15, 0.2) is 5.16 Å². The summed E-state index contributed by atoms with van der Waals surface area (Å²) in [6.45, 7) is 1.87. The highest BCUT2D eigenvalue weighted by molar-refractivity contribution is 8.00. The van der Waals surface area contributed by atoms with Crippen molar-refractivity contribution < 1.29 is 9.59 Å². The molecule has 1 aromatic heterocycles. The van der Waals surface area contributed by atoms with E-state index in [0.717, 1.165) is 5.56 Å². The first-order valence-corrected chi connectivity index (χ1v) is 7.86. The molecule has 0 aliphatic carbocycles. The Morgan fingerprint density at radius 1 is 1.36 bits per heavy atom. The van der Waals surface area contributed by atoms with Gasteiger partial charge < -0.3 is 4.57 Å². The van der Waals surface area contributed by atoms with E-state index in [-0.39, 0.29) is 18.2 Å². The smallest absolute Gasteiger partial charge is 0.247 e. The van der Waals surface area contributed by atoms with E-state index in [1.54, 1.807) is 36.1 Å². The Kier molecular flexibility index (Phi) is 3.92. The van der Waals surface area contributed by atoms with Gasteiger partial charge in [-0.2, -0.15) is 0 Å². The topological polar surface area (TPSA) is 68.1 Å². The first kappa shape index (κ1) is 15.1. The van der Waals surface area contributed by atoms with Crippen LogP contribution in [-0.2, 0) is 16.6 Å². The van der Waals surface area contributed by atoms with Gasteiger partial charge in [-0.3, -0.25) is 9.59 Å². The normalized spacial score (nSPS) is 18.3. The average molecular weight is 337 g/mol. The minimum absolute atomic E-state index is 0.141. The van der Waals surface area contributed by atoms with Gasteiger partial charge in [0.25, 0.3) is 0 Å². The highest BCUT2D eigenvalue weighted by Gasteiger charge is 2.41. The lowest BCUT2D eigenvalue weighted by molar-refractivity contribution is -0.121. The fourth-order valence-electron chi connectivity index (χ4n) is 2.19. The quantitative estimate of drug-likeness (QED) is 0.804. The number of aryl methyl sites for hydroxylation is 2. The summed E-state index contributed by atoms with van der Waals surface area (Å²) < 4.78 is 1.72. The third-order valence-corrected chi connectivity index (χ3v) is 5.08. The van der Waals surface area contributed by atoms with Gasteiger partial charge in [0, 0.05) is 18.5 Å². The molecule has 3 rings (SSSR count). The predicted octanol–water partition coefficient (Wildman–Crippen LogP) is 2.20. The second-order valence-corrected chi connectivity index (χ2v) is 6.61. The fraction of sp³-hybridized carbons (Fsp3) is 0.286. The van der Waals surface area contributed by atoms with Crippen LogP contribution in [0.1, 0.15) is 12.0 Å². The number of imide groups is 1. The van der Waals surface area contributed by atoms with Crippen LogP contribution in [0, 0.1) is 6.92 Å². The maximum absolute atomic E-state index is 12.5. The van der Waals surface area contributed by atoms with Crippen molar-refractivity contribution in [2.75, 3.05) is 4.90 Å². The molecule has 2 heterocycles. The molecule has 0 radical (unpaired) electrons. The fourth-order valence-corrected chi connectivity index (χ4v) is 3.36. The maximum Gasteiger partial charge on any atom is 0.247 e.